The van der Waals surface area contributed by atoms with Crippen LogP contribution in [0.4, 0.5) is 0 Å². The Hall–Kier alpha value is -1.22. The van der Waals surface area contributed by atoms with E-state index in [1.807, 2.05) is 24.3 Å². The molecule has 0 aliphatic heterocycles. The van der Waals surface area contributed by atoms with Gasteiger partial charge in [0.1, 0.15) is 6.61 Å². The van der Waals surface area contributed by atoms with Crippen LogP contribution in [0, 0.1) is 5.92 Å². The zero-order valence-electron chi connectivity index (χ0n) is 11.7. The van der Waals surface area contributed by atoms with Crippen molar-refractivity contribution in [2.24, 2.45) is 5.92 Å². The molecule has 1 aromatic carbocycles. The van der Waals surface area contributed by atoms with E-state index < -0.39 is 0 Å². The summed E-state index contributed by atoms with van der Waals surface area (Å²) in [5.74, 6) is 1.90. The first-order valence-corrected chi connectivity index (χ1v) is 7.34. The highest BCUT2D eigenvalue weighted by atomic mass is 16.5. The fraction of sp³-hybridized carbons (Fsp3) is 0.625. The van der Waals surface area contributed by atoms with Crippen molar-refractivity contribution in [2.75, 3.05) is 13.2 Å². The van der Waals surface area contributed by atoms with Gasteiger partial charge in [0.15, 0.2) is 11.5 Å². The van der Waals surface area contributed by atoms with Gasteiger partial charge in [-0.25, -0.2) is 0 Å². The molecule has 106 valence electrons. The van der Waals surface area contributed by atoms with Crippen LogP contribution in [0.15, 0.2) is 24.3 Å². The third kappa shape index (κ3) is 4.13. The van der Waals surface area contributed by atoms with Gasteiger partial charge in [0, 0.05) is 0 Å². The minimum atomic E-state index is -0.360. The molecule has 0 bridgehead atoms. The van der Waals surface area contributed by atoms with Crippen LogP contribution < -0.4 is 9.47 Å². The zero-order valence-corrected chi connectivity index (χ0v) is 11.7. The third-order valence-corrected chi connectivity index (χ3v) is 3.66. The topological polar surface area (TPSA) is 38.7 Å². The normalized spacial score (nSPS) is 17.4. The fourth-order valence-corrected chi connectivity index (χ4v) is 2.55. The first kappa shape index (κ1) is 14.2. The van der Waals surface area contributed by atoms with Crippen LogP contribution in [0.25, 0.3) is 0 Å². The first-order valence-electron chi connectivity index (χ1n) is 7.34. The van der Waals surface area contributed by atoms with Gasteiger partial charge in [-0.3, -0.25) is 0 Å². The first-order chi connectivity index (χ1) is 9.31. The number of aliphatic hydroxyl groups excluding tert-OH is 1. The number of ether oxygens (including phenoxy) is 2. The molecule has 0 radical (unpaired) electrons. The number of hydrogen-bond acceptors (Lipinski definition) is 3. The standard InChI is InChI=1S/C16H24O3/c1-2-11-18-15-9-5-6-10-16(15)19-12-14(17)13-7-3-4-8-13/h5-6,9-10,13-14,17H,2-4,7-8,11-12H2,1H3. The Labute approximate surface area is 115 Å². The smallest absolute Gasteiger partial charge is 0.161 e. The molecule has 19 heavy (non-hydrogen) atoms. The molecule has 0 amide bonds. The molecule has 0 saturated heterocycles. The molecular weight excluding hydrogens is 240 g/mol. The van der Waals surface area contributed by atoms with Crippen molar-refractivity contribution in [2.45, 2.75) is 45.1 Å². The van der Waals surface area contributed by atoms with Crippen LogP contribution in [-0.2, 0) is 0 Å². The summed E-state index contributed by atoms with van der Waals surface area (Å²) in [7, 11) is 0. The minimum absolute atomic E-state index is 0.358. The minimum Gasteiger partial charge on any atom is -0.490 e. The summed E-state index contributed by atoms with van der Waals surface area (Å²) in [5.41, 5.74) is 0. The second kappa shape index (κ2) is 7.39. The molecule has 0 aromatic heterocycles. The Kier molecular flexibility index (Phi) is 5.52. The van der Waals surface area contributed by atoms with E-state index in [1.165, 1.54) is 12.8 Å². The van der Waals surface area contributed by atoms with Crippen LogP contribution in [-0.4, -0.2) is 24.4 Å². The van der Waals surface area contributed by atoms with E-state index in [9.17, 15) is 5.11 Å². The summed E-state index contributed by atoms with van der Waals surface area (Å²) >= 11 is 0. The monoisotopic (exact) mass is 264 g/mol. The van der Waals surface area contributed by atoms with E-state index in [0.717, 1.165) is 30.8 Å². The summed E-state index contributed by atoms with van der Waals surface area (Å²) in [4.78, 5) is 0. The van der Waals surface area contributed by atoms with E-state index in [2.05, 4.69) is 6.92 Å². The Bertz CT molecular complexity index is 372. The van der Waals surface area contributed by atoms with Crippen molar-refractivity contribution in [3.8, 4) is 11.5 Å². The molecule has 1 unspecified atom stereocenters. The number of hydrogen-bond donors (Lipinski definition) is 1. The van der Waals surface area contributed by atoms with E-state index in [1.54, 1.807) is 0 Å². The quantitative estimate of drug-likeness (QED) is 0.820. The number of aliphatic hydroxyl groups is 1. The van der Waals surface area contributed by atoms with E-state index in [4.69, 9.17) is 9.47 Å². The molecule has 1 saturated carbocycles. The average molecular weight is 264 g/mol. The van der Waals surface area contributed by atoms with Crippen LogP contribution in [0.5, 0.6) is 11.5 Å². The van der Waals surface area contributed by atoms with Crippen molar-refractivity contribution in [1.82, 2.24) is 0 Å². The largest absolute Gasteiger partial charge is 0.490 e. The molecule has 1 aromatic rings. The molecule has 1 atom stereocenters. The molecule has 3 nitrogen and oxygen atoms in total. The van der Waals surface area contributed by atoms with Crippen LogP contribution >= 0.6 is 0 Å². The summed E-state index contributed by atoms with van der Waals surface area (Å²) in [6, 6.07) is 7.67. The molecule has 1 fully saturated rings. The molecule has 1 aliphatic rings. The molecule has 0 spiro atoms. The van der Waals surface area contributed by atoms with Gasteiger partial charge in [0.05, 0.1) is 12.7 Å². The maximum atomic E-state index is 10.1. The maximum absolute atomic E-state index is 10.1. The van der Waals surface area contributed by atoms with Crippen molar-refractivity contribution < 1.29 is 14.6 Å². The van der Waals surface area contributed by atoms with Crippen LogP contribution in [0.2, 0.25) is 0 Å². The predicted molar refractivity (Wildman–Crippen MR) is 75.7 cm³/mol. The van der Waals surface area contributed by atoms with Gasteiger partial charge in [0.2, 0.25) is 0 Å². The fourth-order valence-electron chi connectivity index (χ4n) is 2.55. The van der Waals surface area contributed by atoms with E-state index >= 15 is 0 Å². The highest BCUT2D eigenvalue weighted by molar-refractivity contribution is 5.39. The number of benzene rings is 1. The Morgan fingerprint density at radius 1 is 1.16 bits per heavy atom. The highest BCUT2D eigenvalue weighted by Crippen LogP contribution is 2.30. The maximum Gasteiger partial charge on any atom is 0.161 e. The van der Waals surface area contributed by atoms with Gasteiger partial charge >= 0.3 is 0 Å². The lowest BCUT2D eigenvalue weighted by Gasteiger charge is -2.19. The van der Waals surface area contributed by atoms with Crippen LogP contribution in [0.1, 0.15) is 39.0 Å². The number of rotatable bonds is 7. The number of para-hydroxylation sites is 2. The van der Waals surface area contributed by atoms with Crippen molar-refractivity contribution in [3.63, 3.8) is 0 Å². The molecule has 1 aliphatic carbocycles. The summed E-state index contributed by atoms with van der Waals surface area (Å²) in [6.45, 7) is 3.12. The van der Waals surface area contributed by atoms with Gasteiger partial charge in [-0.05, 0) is 37.3 Å². The molecule has 0 heterocycles. The van der Waals surface area contributed by atoms with Gasteiger partial charge < -0.3 is 14.6 Å². The second-order valence-electron chi connectivity index (χ2n) is 5.22. The molecule has 1 N–H and O–H groups in total. The van der Waals surface area contributed by atoms with Crippen molar-refractivity contribution in [1.29, 1.82) is 0 Å². The van der Waals surface area contributed by atoms with Crippen molar-refractivity contribution >= 4 is 0 Å². The lowest BCUT2D eigenvalue weighted by molar-refractivity contribution is 0.0580. The lowest BCUT2D eigenvalue weighted by atomic mass is 10.0. The average Bonchev–Trinajstić information content (AvgIpc) is 2.97. The van der Waals surface area contributed by atoms with Crippen molar-refractivity contribution in [3.05, 3.63) is 24.3 Å². The molecular formula is C16H24O3. The third-order valence-electron chi connectivity index (χ3n) is 3.66. The summed E-state index contributed by atoms with van der Waals surface area (Å²) in [6.07, 6.45) is 5.33. The second-order valence-corrected chi connectivity index (χ2v) is 5.22. The lowest BCUT2D eigenvalue weighted by Crippen LogP contribution is -2.25. The van der Waals surface area contributed by atoms with E-state index in [0.29, 0.717) is 19.1 Å². The van der Waals surface area contributed by atoms with Gasteiger partial charge in [-0.15, -0.1) is 0 Å². The Morgan fingerprint density at radius 3 is 2.42 bits per heavy atom. The predicted octanol–water partition coefficient (Wildman–Crippen LogP) is 3.41. The van der Waals surface area contributed by atoms with Gasteiger partial charge in [-0.1, -0.05) is 31.9 Å². The van der Waals surface area contributed by atoms with E-state index in [-0.39, 0.29) is 6.10 Å². The van der Waals surface area contributed by atoms with Crippen LogP contribution in [0.3, 0.4) is 0 Å². The molecule has 3 heteroatoms. The SMILES string of the molecule is CCCOc1ccccc1OCC(O)C1CCCC1. The summed E-state index contributed by atoms with van der Waals surface area (Å²) < 4.78 is 11.4. The van der Waals surface area contributed by atoms with Gasteiger partial charge in [-0.2, -0.15) is 0 Å². The molecule has 2 rings (SSSR count). The Morgan fingerprint density at radius 2 is 1.79 bits per heavy atom. The highest BCUT2D eigenvalue weighted by Gasteiger charge is 2.23. The zero-order chi connectivity index (χ0) is 13.5. The Balaban J connectivity index is 1.87. The van der Waals surface area contributed by atoms with Gasteiger partial charge in [0.25, 0.3) is 0 Å². The summed E-state index contributed by atoms with van der Waals surface area (Å²) in [5, 5.41) is 10.1.